The number of sulfonamides is 1. The second kappa shape index (κ2) is 6.17. The van der Waals surface area contributed by atoms with E-state index < -0.39 is 10.0 Å². The summed E-state index contributed by atoms with van der Waals surface area (Å²) < 4.78 is 31.9. The molecular formula is C13H18N2O3S2. The Labute approximate surface area is 124 Å². The minimum atomic E-state index is -3.49. The van der Waals surface area contributed by atoms with Crippen LogP contribution < -0.4 is 5.73 Å². The molecule has 1 heterocycles. The second-order valence-corrected chi connectivity index (χ2v) is 7.11. The highest BCUT2D eigenvalue weighted by molar-refractivity contribution is 7.89. The van der Waals surface area contributed by atoms with Crippen LogP contribution in [-0.4, -0.2) is 44.0 Å². The van der Waals surface area contributed by atoms with Gasteiger partial charge in [-0.1, -0.05) is 24.4 Å². The molecule has 7 heteroatoms. The monoisotopic (exact) mass is 314 g/mol. The molecule has 1 aliphatic rings. The van der Waals surface area contributed by atoms with E-state index in [2.05, 4.69) is 0 Å². The fourth-order valence-corrected chi connectivity index (χ4v) is 3.91. The van der Waals surface area contributed by atoms with E-state index >= 15 is 0 Å². The summed E-state index contributed by atoms with van der Waals surface area (Å²) in [5.74, 6) is 0. The maximum Gasteiger partial charge on any atom is 0.243 e. The van der Waals surface area contributed by atoms with Gasteiger partial charge in [0.05, 0.1) is 11.0 Å². The lowest BCUT2D eigenvalue weighted by Gasteiger charge is -2.30. The molecule has 20 heavy (non-hydrogen) atoms. The van der Waals surface area contributed by atoms with Gasteiger partial charge in [-0.15, -0.1) is 0 Å². The third-order valence-corrected chi connectivity index (χ3v) is 5.62. The Morgan fingerprint density at radius 3 is 2.60 bits per heavy atom. The molecule has 0 bridgehead atoms. The summed E-state index contributed by atoms with van der Waals surface area (Å²) in [6.45, 7) is 0.941. The minimum Gasteiger partial charge on any atom is -0.389 e. The van der Waals surface area contributed by atoms with Crippen LogP contribution in [0.15, 0.2) is 29.2 Å². The van der Waals surface area contributed by atoms with Crippen molar-refractivity contribution in [2.45, 2.75) is 23.8 Å². The average molecular weight is 314 g/mol. The van der Waals surface area contributed by atoms with E-state index in [4.69, 9.17) is 22.7 Å². The number of nitrogens with zero attached hydrogens (tertiary/aromatic N) is 1. The molecule has 2 N–H and O–H groups in total. The Bertz CT molecular complexity index is 593. The molecule has 1 fully saturated rings. The van der Waals surface area contributed by atoms with Crippen LogP contribution in [0, 0.1) is 0 Å². The van der Waals surface area contributed by atoms with Gasteiger partial charge in [-0.25, -0.2) is 8.42 Å². The minimum absolute atomic E-state index is 0.143. The van der Waals surface area contributed by atoms with Gasteiger partial charge in [-0.3, -0.25) is 0 Å². The number of rotatable bonds is 4. The van der Waals surface area contributed by atoms with Gasteiger partial charge in [0.2, 0.25) is 10.0 Å². The molecule has 0 atom stereocenters. The van der Waals surface area contributed by atoms with Gasteiger partial charge in [-0.05, 0) is 25.0 Å². The SMILES string of the molecule is COC1CCN(S(=O)(=O)c2cccc(C(N)=S)c2)CC1. The van der Waals surface area contributed by atoms with Gasteiger partial charge in [0.15, 0.2) is 0 Å². The van der Waals surface area contributed by atoms with Crippen LogP contribution in [0.3, 0.4) is 0 Å². The molecule has 110 valence electrons. The van der Waals surface area contributed by atoms with Crippen molar-refractivity contribution in [2.75, 3.05) is 20.2 Å². The number of benzene rings is 1. The summed E-state index contributed by atoms with van der Waals surface area (Å²) in [5, 5.41) is 0. The molecule has 0 aromatic heterocycles. The molecule has 0 saturated carbocycles. The summed E-state index contributed by atoms with van der Waals surface area (Å²) in [6.07, 6.45) is 1.57. The summed E-state index contributed by atoms with van der Waals surface area (Å²) in [6, 6.07) is 6.46. The van der Waals surface area contributed by atoms with Crippen LogP contribution >= 0.6 is 12.2 Å². The first-order valence-electron chi connectivity index (χ1n) is 6.38. The number of piperidine rings is 1. The van der Waals surface area contributed by atoms with E-state index in [1.165, 1.54) is 10.4 Å². The molecule has 0 aliphatic carbocycles. The maximum absolute atomic E-state index is 12.6. The predicted octanol–water partition coefficient (Wildman–Crippen LogP) is 1.12. The van der Waals surface area contributed by atoms with Crippen molar-refractivity contribution in [3.8, 4) is 0 Å². The highest BCUT2D eigenvalue weighted by atomic mass is 32.2. The number of thiocarbonyl (C=S) groups is 1. The zero-order chi connectivity index (χ0) is 14.8. The molecule has 1 aromatic rings. The van der Waals surface area contributed by atoms with Crippen molar-refractivity contribution in [3.05, 3.63) is 29.8 Å². The Kier molecular flexibility index (Phi) is 4.74. The standard InChI is InChI=1S/C13H18N2O3S2/c1-18-11-5-7-15(8-6-11)20(16,17)12-4-2-3-10(9-12)13(14)19/h2-4,9,11H,5-8H2,1H3,(H2,14,19). The van der Waals surface area contributed by atoms with E-state index in [0.717, 1.165) is 0 Å². The van der Waals surface area contributed by atoms with E-state index in [9.17, 15) is 8.42 Å². The van der Waals surface area contributed by atoms with Gasteiger partial charge < -0.3 is 10.5 Å². The fraction of sp³-hybridized carbons (Fsp3) is 0.462. The molecular weight excluding hydrogens is 296 g/mol. The number of hydrogen-bond acceptors (Lipinski definition) is 4. The van der Waals surface area contributed by atoms with Crippen LogP contribution in [-0.2, 0) is 14.8 Å². The lowest BCUT2D eigenvalue weighted by atomic mass is 10.1. The average Bonchev–Trinajstić information content (AvgIpc) is 2.47. The first kappa shape index (κ1) is 15.4. The smallest absolute Gasteiger partial charge is 0.243 e. The number of hydrogen-bond donors (Lipinski definition) is 1. The van der Waals surface area contributed by atoms with Crippen molar-refractivity contribution < 1.29 is 13.2 Å². The van der Waals surface area contributed by atoms with E-state index in [-0.39, 0.29) is 16.0 Å². The molecule has 1 aliphatic heterocycles. The van der Waals surface area contributed by atoms with Crippen molar-refractivity contribution >= 4 is 27.2 Å². The molecule has 1 saturated heterocycles. The van der Waals surface area contributed by atoms with Crippen LogP contribution in [0.1, 0.15) is 18.4 Å². The quantitative estimate of drug-likeness (QED) is 0.843. The van der Waals surface area contributed by atoms with Gasteiger partial charge in [-0.2, -0.15) is 4.31 Å². The maximum atomic E-state index is 12.6. The summed E-state index contributed by atoms with van der Waals surface area (Å²) in [7, 11) is -1.83. The van der Waals surface area contributed by atoms with Crippen LogP contribution in [0.5, 0.6) is 0 Å². The van der Waals surface area contributed by atoms with Gasteiger partial charge in [0.25, 0.3) is 0 Å². The third kappa shape index (κ3) is 3.17. The highest BCUT2D eigenvalue weighted by Gasteiger charge is 2.29. The lowest BCUT2D eigenvalue weighted by Crippen LogP contribution is -2.40. The first-order valence-corrected chi connectivity index (χ1v) is 8.23. The van der Waals surface area contributed by atoms with Crippen molar-refractivity contribution in [3.63, 3.8) is 0 Å². The van der Waals surface area contributed by atoms with Crippen molar-refractivity contribution in [1.82, 2.24) is 4.31 Å². The molecule has 2 rings (SSSR count). The first-order chi connectivity index (χ1) is 9.45. The zero-order valence-corrected chi connectivity index (χ0v) is 12.9. The molecule has 0 unspecified atom stereocenters. The topological polar surface area (TPSA) is 72.6 Å². The Balaban J connectivity index is 2.23. The van der Waals surface area contributed by atoms with Crippen molar-refractivity contribution in [2.24, 2.45) is 5.73 Å². The van der Waals surface area contributed by atoms with E-state index in [1.807, 2.05) is 0 Å². The van der Waals surface area contributed by atoms with Crippen LogP contribution in [0.4, 0.5) is 0 Å². The van der Waals surface area contributed by atoms with Gasteiger partial charge in [0.1, 0.15) is 4.99 Å². The van der Waals surface area contributed by atoms with Crippen molar-refractivity contribution in [1.29, 1.82) is 0 Å². The van der Waals surface area contributed by atoms with E-state index in [0.29, 0.717) is 31.5 Å². The number of methoxy groups -OCH3 is 1. The molecule has 5 nitrogen and oxygen atoms in total. The molecule has 0 radical (unpaired) electrons. The van der Waals surface area contributed by atoms with E-state index in [1.54, 1.807) is 25.3 Å². The largest absolute Gasteiger partial charge is 0.389 e. The lowest BCUT2D eigenvalue weighted by molar-refractivity contribution is 0.0604. The normalized spacial score (nSPS) is 18.1. The zero-order valence-electron chi connectivity index (χ0n) is 11.3. The second-order valence-electron chi connectivity index (χ2n) is 4.73. The molecule has 1 aromatic carbocycles. The number of nitrogens with two attached hydrogens (primary N) is 1. The van der Waals surface area contributed by atoms with Crippen LogP contribution in [0.25, 0.3) is 0 Å². The van der Waals surface area contributed by atoms with Gasteiger partial charge >= 0.3 is 0 Å². The van der Waals surface area contributed by atoms with Crippen LogP contribution in [0.2, 0.25) is 0 Å². The summed E-state index contributed by atoms with van der Waals surface area (Å²) in [5.41, 5.74) is 6.11. The fourth-order valence-electron chi connectivity index (χ4n) is 2.27. The Morgan fingerprint density at radius 2 is 2.05 bits per heavy atom. The predicted molar refractivity (Wildman–Crippen MR) is 81.1 cm³/mol. The summed E-state index contributed by atoms with van der Waals surface area (Å²) in [4.78, 5) is 0.429. The summed E-state index contributed by atoms with van der Waals surface area (Å²) >= 11 is 4.88. The highest BCUT2D eigenvalue weighted by Crippen LogP contribution is 2.22. The third-order valence-electron chi connectivity index (χ3n) is 3.49. The van der Waals surface area contributed by atoms with Gasteiger partial charge in [0, 0.05) is 25.8 Å². The number of ether oxygens (including phenoxy) is 1. The Hall–Kier alpha value is -1.02. The molecule has 0 amide bonds. The Morgan fingerprint density at radius 1 is 1.40 bits per heavy atom. The molecule has 0 spiro atoms.